The van der Waals surface area contributed by atoms with Gasteiger partial charge in [0.25, 0.3) is 0 Å². The van der Waals surface area contributed by atoms with Gasteiger partial charge in [-0.1, -0.05) is 87.6 Å². The highest BCUT2D eigenvalue weighted by atomic mass is 19.2. The van der Waals surface area contributed by atoms with Gasteiger partial charge in [0, 0.05) is 16.7 Å². The van der Waals surface area contributed by atoms with Gasteiger partial charge in [-0.3, -0.25) is 0 Å². The van der Waals surface area contributed by atoms with Gasteiger partial charge in [-0.25, -0.2) is 17.6 Å². The topological polar surface area (TPSA) is 12.5 Å². The van der Waals surface area contributed by atoms with Crippen LogP contribution in [-0.2, 0) is 11.2 Å². The smallest absolute Gasteiger partial charge is 0.167 e. The summed E-state index contributed by atoms with van der Waals surface area (Å²) in [6.07, 6.45) is 7.10. The Bertz CT molecular complexity index is 1190. The number of hydrogen-bond acceptors (Lipinski definition) is 1. The van der Waals surface area contributed by atoms with E-state index in [9.17, 15) is 17.6 Å². The second-order valence-electron chi connectivity index (χ2n) is 9.96. The minimum absolute atomic E-state index is 0.119. The fraction of sp³-hybridized carbons (Fsp3) is 0.400. The van der Waals surface area contributed by atoms with E-state index in [-0.39, 0.29) is 22.8 Å². The molecule has 2 aliphatic rings. The number of aryl methyl sites for hydroxylation is 1. The van der Waals surface area contributed by atoms with Crippen molar-refractivity contribution in [2.75, 3.05) is 6.61 Å². The number of epoxide rings is 1. The van der Waals surface area contributed by atoms with Crippen molar-refractivity contribution >= 4 is 0 Å². The van der Waals surface area contributed by atoms with Crippen LogP contribution in [0, 0.1) is 35.1 Å². The lowest BCUT2D eigenvalue weighted by Gasteiger charge is -2.27. The van der Waals surface area contributed by atoms with Gasteiger partial charge in [0.05, 0.1) is 6.61 Å². The van der Waals surface area contributed by atoms with Gasteiger partial charge in [-0.15, -0.1) is 0 Å². The van der Waals surface area contributed by atoms with Gasteiger partial charge in [-0.2, -0.15) is 0 Å². The van der Waals surface area contributed by atoms with Crippen molar-refractivity contribution in [3.05, 3.63) is 82.9 Å². The van der Waals surface area contributed by atoms with Crippen molar-refractivity contribution in [2.24, 2.45) is 11.8 Å². The molecule has 0 spiro atoms. The zero-order chi connectivity index (χ0) is 24.5. The molecule has 1 saturated heterocycles. The Hall–Kier alpha value is -2.66. The van der Waals surface area contributed by atoms with E-state index in [0.717, 1.165) is 12.3 Å². The van der Waals surface area contributed by atoms with Crippen LogP contribution in [0.2, 0.25) is 0 Å². The number of halogens is 4. The molecule has 184 valence electrons. The molecule has 1 aliphatic heterocycles. The van der Waals surface area contributed by atoms with Crippen LogP contribution in [0.5, 0.6) is 0 Å². The normalized spacial score (nSPS) is 21.8. The van der Waals surface area contributed by atoms with Crippen molar-refractivity contribution in [3.63, 3.8) is 0 Å². The minimum Gasteiger partial charge on any atom is -0.368 e. The fourth-order valence-electron chi connectivity index (χ4n) is 5.39. The third kappa shape index (κ3) is 5.02. The summed E-state index contributed by atoms with van der Waals surface area (Å²) < 4.78 is 63.9. The van der Waals surface area contributed by atoms with Gasteiger partial charge < -0.3 is 4.74 Å². The Kier molecular flexibility index (Phi) is 6.97. The molecule has 1 aliphatic carbocycles. The number of ether oxygens (including phenoxy) is 1. The van der Waals surface area contributed by atoms with Crippen molar-refractivity contribution in [1.29, 1.82) is 0 Å². The summed E-state index contributed by atoms with van der Waals surface area (Å²) in [6.45, 7) is 2.63. The molecule has 3 aromatic rings. The first-order valence-electron chi connectivity index (χ1n) is 12.6. The first-order valence-corrected chi connectivity index (χ1v) is 12.6. The van der Waals surface area contributed by atoms with Crippen LogP contribution in [0.15, 0.2) is 48.5 Å². The Morgan fingerprint density at radius 2 is 1.23 bits per heavy atom. The first-order chi connectivity index (χ1) is 17.0. The van der Waals surface area contributed by atoms with Crippen LogP contribution in [0.1, 0.15) is 62.7 Å². The Balaban J connectivity index is 1.30. The number of benzene rings is 3. The van der Waals surface area contributed by atoms with Crippen molar-refractivity contribution in [2.45, 2.75) is 58.0 Å². The zero-order valence-electron chi connectivity index (χ0n) is 19.9. The average Bonchev–Trinajstić information content (AvgIpc) is 3.72. The first kappa shape index (κ1) is 24.1. The fourth-order valence-corrected chi connectivity index (χ4v) is 5.39. The van der Waals surface area contributed by atoms with Crippen LogP contribution in [0.25, 0.3) is 22.3 Å². The predicted octanol–water partition coefficient (Wildman–Crippen LogP) is 8.80. The number of rotatable bonds is 7. The molecule has 5 rings (SSSR count). The molecule has 1 unspecified atom stereocenters. The molecule has 1 saturated carbocycles. The Labute approximate surface area is 204 Å². The molecule has 5 heteroatoms. The Morgan fingerprint density at radius 1 is 0.686 bits per heavy atom. The summed E-state index contributed by atoms with van der Waals surface area (Å²) in [5, 5.41) is 0. The van der Waals surface area contributed by atoms with E-state index < -0.39 is 23.3 Å². The molecule has 0 aromatic heterocycles. The molecular weight excluding hydrogens is 452 g/mol. The lowest BCUT2D eigenvalue weighted by Crippen LogP contribution is -2.14. The summed E-state index contributed by atoms with van der Waals surface area (Å²) in [5.41, 5.74) is 1.86. The zero-order valence-corrected chi connectivity index (χ0v) is 19.9. The van der Waals surface area contributed by atoms with E-state index in [4.69, 9.17) is 4.74 Å². The highest BCUT2D eigenvalue weighted by molar-refractivity contribution is 5.71. The van der Waals surface area contributed by atoms with E-state index in [1.165, 1.54) is 44.2 Å². The van der Waals surface area contributed by atoms with E-state index in [1.54, 1.807) is 36.4 Å². The lowest BCUT2D eigenvalue weighted by molar-refractivity contribution is 0.258. The highest BCUT2D eigenvalue weighted by Crippen LogP contribution is 2.37. The van der Waals surface area contributed by atoms with Gasteiger partial charge in [0.1, 0.15) is 6.10 Å². The van der Waals surface area contributed by atoms with E-state index >= 15 is 0 Å². The van der Waals surface area contributed by atoms with E-state index in [2.05, 4.69) is 6.92 Å². The van der Waals surface area contributed by atoms with E-state index in [0.29, 0.717) is 35.6 Å². The third-order valence-electron chi connectivity index (χ3n) is 7.83. The second-order valence-corrected chi connectivity index (χ2v) is 9.96. The quantitative estimate of drug-likeness (QED) is 0.242. The molecule has 0 amide bonds. The van der Waals surface area contributed by atoms with Crippen molar-refractivity contribution in [1.82, 2.24) is 0 Å². The van der Waals surface area contributed by atoms with Crippen LogP contribution in [0.3, 0.4) is 0 Å². The number of hydrogen-bond donors (Lipinski definition) is 0. The SMILES string of the molecule is CCC1CCC(CCc2ccc(-c3ccc(-c4ccc(C5CO5)c(F)c4F)cc3)c(F)c2F)CC1. The summed E-state index contributed by atoms with van der Waals surface area (Å²) in [4.78, 5) is 0. The maximum Gasteiger partial charge on any atom is 0.167 e. The lowest BCUT2D eigenvalue weighted by atomic mass is 9.78. The van der Waals surface area contributed by atoms with Crippen LogP contribution < -0.4 is 0 Å². The molecule has 2 fully saturated rings. The molecule has 1 atom stereocenters. The molecule has 35 heavy (non-hydrogen) atoms. The third-order valence-corrected chi connectivity index (χ3v) is 7.83. The molecule has 1 nitrogen and oxygen atoms in total. The van der Waals surface area contributed by atoms with Crippen LogP contribution in [-0.4, -0.2) is 6.61 Å². The summed E-state index contributed by atoms with van der Waals surface area (Å²) in [7, 11) is 0. The van der Waals surface area contributed by atoms with E-state index in [1.807, 2.05) is 0 Å². The van der Waals surface area contributed by atoms with Crippen LogP contribution in [0.4, 0.5) is 17.6 Å². The highest BCUT2D eigenvalue weighted by Gasteiger charge is 2.30. The van der Waals surface area contributed by atoms with Gasteiger partial charge >= 0.3 is 0 Å². The van der Waals surface area contributed by atoms with Gasteiger partial charge in [0.15, 0.2) is 23.3 Å². The van der Waals surface area contributed by atoms with Gasteiger partial charge in [-0.05, 0) is 41.4 Å². The Morgan fingerprint density at radius 3 is 1.80 bits per heavy atom. The summed E-state index contributed by atoms with van der Waals surface area (Å²) >= 11 is 0. The second kappa shape index (κ2) is 10.1. The molecule has 3 aromatic carbocycles. The van der Waals surface area contributed by atoms with Crippen molar-refractivity contribution in [3.8, 4) is 22.3 Å². The predicted molar refractivity (Wildman–Crippen MR) is 130 cm³/mol. The standard InChI is InChI=1S/C30H30F4O/c1-2-18-3-5-19(6-4-18)7-8-22-13-14-23(28(32)27(22)31)20-9-11-21(12-10-20)24-15-16-25(26-17-35-26)30(34)29(24)33/h9-16,18-19,26H,2-8,17H2,1H3. The average molecular weight is 483 g/mol. The summed E-state index contributed by atoms with van der Waals surface area (Å²) in [5.74, 6) is -2.09. The minimum atomic E-state index is -0.935. The van der Waals surface area contributed by atoms with Crippen LogP contribution >= 0.6 is 0 Å². The molecule has 0 N–H and O–H groups in total. The summed E-state index contributed by atoms with van der Waals surface area (Å²) in [6, 6.07) is 12.7. The maximum atomic E-state index is 15.0. The molecular formula is C30H30F4O. The molecule has 0 bridgehead atoms. The molecule has 1 heterocycles. The van der Waals surface area contributed by atoms with Crippen molar-refractivity contribution < 1.29 is 22.3 Å². The monoisotopic (exact) mass is 482 g/mol. The maximum absolute atomic E-state index is 15.0. The largest absolute Gasteiger partial charge is 0.368 e. The van der Waals surface area contributed by atoms with Gasteiger partial charge in [0.2, 0.25) is 0 Å². The molecule has 0 radical (unpaired) electrons.